The van der Waals surface area contributed by atoms with Gasteiger partial charge in [-0.15, -0.1) is 0 Å². The number of ether oxygens (including phenoxy) is 3. The zero-order chi connectivity index (χ0) is 22.1. The molecule has 3 aromatic rings. The van der Waals surface area contributed by atoms with Crippen LogP contribution < -0.4 is 14.8 Å². The monoisotopic (exact) mass is 423 g/mol. The maximum Gasteiger partial charge on any atom is 0.226 e. The van der Waals surface area contributed by atoms with Gasteiger partial charge in [0.25, 0.3) is 0 Å². The Morgan fingerprint density at radius 3 is 2.42 bits per heavy atom. The Bertz CT molecular complexity index is 986. The van der Waals surface area contributed by atoms with Gasteiger partial charge >= 0.3 is 0 Å². The van der Waals surface area contributed by atoms with E-state index in [-0.39, 0.29) is 5.91 Å². The molecule has 1 aromatic heterocycles. The van der Waals surface area contributed by atoms with Crippen molar-refractivity contribution in [1.82, 2.24) is 15.1 Å². The molecule has 0 spiro atoms. The van der Waals surface area contributed by atoms with Crippen LogP contribution in [0.4, 0.5) is 0 Å². The standard InChI is InChI=1S/C24H29N3O4/c1-4-20-19(14-15-23(28)25-16-17-29-2)24(27(26-20)18-10-6-5-7-11-18)31-22-13-9-8-12-21(22)30-3/h5-13H,4,14-17H2,1-3H3,(H,25,28). The molecule has 0 saturated carbocycles. The van der Waals surface area contributed by atoms with E-state index in [4.69, 9.17) is 19.3 Å². The molecule has 0 bridgehead atoms. The van der Waals surface area contributed by atoms with Gasteiger partial charge in [0.1, 0.15) is 0 Å². The molecule has 0 aliphatic heterocycles. The number of hydrogen-bond donors (Lipinski definition) is 1. The van der Waals surface area contributed by atoms with Crippen molar-refractivity contribution in [2.75, 3.05) is 27.4 Å². The van der Waals surface area contributed by atoms with Gasteiger partial charge in [-0.3, -0.25) is 4.79 Å². The Kier molecular flexibility index (Phi) is 8.06. The summed E-state index contributed by atoms with van der Waals surface area (Å²) in [4.78, 5) is 12.3. The highest BCUT2D eigenvalue weighted by Crippen LogP contribution is 2.36. The topological polar surface area (TPSA) is 74.6 Å². The molecule has 7 heteroatoms. The van der Waals surface area contributed by atoms with E-state index in [9.17, 15) is 4.79 Å². The normalized spacial score (nSPS) is 10.7. The van der Waals surface area contributed by atoms with Gasteiger partial charge in [0.2, 0.25) is 11.8 Å². The summed E-state index contributed by atoms with van der Waals surface area (Å²) in [7, 11) is 3.22. The van der Waals surface area contributed by atoms with E-state index in [0.717, 1.165) is 23.4 Å². The highest BCUT2D eigenvalue weighted by molar-refractivity contribution is 5.76. The zero-order valence-electron chi connectivity index (χ0n) is 18.3. The zero-order valence-corrected chi connectivity index (χ0v) is 18.3. The number of aromatic nitrogens is 2. The van der Waals surface area contributed by atoms with Gasteiger partial charge in [-0.25, -0.2) is 4.68 Å². The fourth-order valence-electron chi connectivity index (χ4n) is 3.29. The van der Waals surface area contributed by atoms with Crippen molar-refractivity contribution in [3.8, 4) is 23.1 Å². The van der Waals surface area contributed by atoms with E-state index < -0.39 is 0 Å². The van der Waals surface area contributed by atoms with Gasteiger partial charge < -0.3 is 19.5 Å². The summed E-state index contributed by atoms with van der Waals surface area (Å²) in [5.41, 5.74) is 2.70. The summed E-state index contributed by atoms with van der Waals surface area (Å²) in [5.74, 6) is 1.78. The number of para-hydroxylation sites is 3. The Morgan fingerprint density at radius 2 is 1.74 bits per heavy atom. The Hall–Kier alpha value is -3.32. The smallest absolute Gasteiger partial charge is 0.226 e. The van der Waals surface area contributed by atoms with E-state index in [0.29, 0.717) is 43.4 Å². The van der Waals surface area contributed by atoms with Gasteiger partial charge in [0, 0.05) is 25.6 Å². The first-order valence-electron chi connectivity index (χ1n) is 10.4. The summed E-state index contributed by atoms with van der Waals surface area (Å²) in [6.07, 6.45) is 1.57. The predicted octanol–water partition coefficient (Wildman–Crippen LogP) is 3.93. The quantitative estimate of drug-likeness (QED) is 0.473. The van der Waals surface area contributed by atoms with Crippen molar-refractivity contribution < 1.29 is 19.0 Å². The molecule has 0 fully saturated rings. The number of carbonyl (C=O) groups excluding carboxylic acids is 1. The van der Waals surface area contributed by atoms with Crippen LogP contribution in [0.2, 0.25) is 0 Å². The number of nitrogens with zero attached hydrogens (tertiary/aromatic N) is 2. The highest BCUT2D eigenvalue weighted by Gasteiger charge is 2.22. The third kappa shape index (κ3) is 5.64. The second-order valence-corrected chi connectivity index (χ2v) is 6.93. The minimum Gasteiger partial charge on any atom is -0.493 e. The van der Waals surface area contributed by atoms with Crippen LogP contribution >= 0.6 is 0 Å². The van der Waals surface area contributed by atoms with Crippen LogP contribution in [0.15, 0.2) is 54.6 Å². The molecule has 3 rings (SSSR count). The first kappa shape index (κ1) is 22.4. The number of methoxy groups -OCH3 is 2. The van der Waals surface area contributed by atoms with E-state index in [2.05, 4.69) is 5.32 Å². The SMILES string of the molecule is CCc1nn(-c2ccccc2)c(Oc2ccccc2OC)c1CCC(=O)NCCOC. The van der Waals surface area contributed by atoms with Gasteiger partial charge in [-0.05, 0) is 37.1 Å². The van der Waals surface area contributed by atoms with Crippen LogP contribution in [0.25, 0.3) is 5.69 Å². The first-order chi connectivity index (χ1) is 15.2. The van der Waals surface area contributed by atoms with Crippen molar-refractivity contribution >= 4 is 5.91 Å². The molecule has 0 aliphatic rings. The third-order valence-electron chi connectivity index (χ3n) is 4.86. The summed E-state index contributed by atoms with van der Waals surface area (Å²) >= 11 is 0. The van der Waals surface area contributed by atoms with Crippen LogP contribution in [0.5, 0.6) is 17.4 Å². The van der Waals surface area contributed by atoms with Crippen molar-refractivity contribution in [3.63, 3.8) is 0 Å². The average Bonchev–Trinajstić information content (AvgIpc) is 3.16. The van der Waals surface area contributed by atoms with Gasteiger partial charge in [-0.1, -0.05) is 37.3 Å². The molecule has 164 valence electrons. The first-order valence-corrected chi connectivity index (χ1v) is 10.4. The molecule has 0 saturated heterocycles. The minimum absolute atomic E-state index is 0.0326. The number of nitrogens with one attached hydrogen (secondary N) is 1. The van der Waals surface area contributed by atoms with Crippen LogP contribution in [-0.4, -0.2) is 43.1 Å². The van der Waals surface area contributed by atoms with E-state index in [1.165, 1.54) is 0 Å². The van der Waals surface area contributed by atoms with Crippen molar-refractivity contribution in [2.24, 2.45) is 0 Å². The molecule has 1 amide bonds. The Balaban J connectivity index is 1.96. The summed E-state index contributed by atoms with van der Waals surface area (Å²) in [6, 6.07) is 17.3. The van der Waals surface area contributed by atoms with Crippen molar-refractivity contribution in [2.45, 2.75) is 26.2 Å². The molecule has 0 unspecified atom stereocenters. The molecule has 31 heavy (non-hydrogen) atoms. The number of benzene rings is 2. The molecular weight excluding hydrogens is 394 g/mol. The fourth-order valence-corrected chi connectivity index (χ4v) is 3.29. The summed E-state index contributed by atoms with van der Waals surface area (Å²) < 4.78 is 18.6. The predicted molar refractivity (Wildman–Crippen MR) is 119 cm³/mol. The molecule has 0 radical (unpaired) electrons. The molecular formula is C24H29N3O4. The fraction of sp³-hybridized carbons (Fsp3) is 0.333. The Labute approximate surface area is 182 Å². The lowest BCUT2D eigenvalue weighted by atomic mass is 10.1. The summed E-state index contributed by atoms with van der Waals surface area (Å²) in [5, 5.41) is 7.67. The van der Waals surface area contributed by atoms with Crippen molar-refractivity contribution in [1.29, 1.82) is 0 Å². The maximum atomic E-state index is 12.3. The second kappa shape index (κ2) is 11.2. The lowest BCUT2D eigenvalue weighted by molar-refractivity contribution is -0.121. The number of amides is 1. The summed E-state index contributed by atoms with van der Waals surface area (Å²) in [6.45, 7) is 3.02. The van der Waals surface area contributed by atoms with Gasteiger partial charge in [-0.2, -0.15) is 5.10 Å². The van der Waals surface area contributed by atoms with Gasteiger partial charge in [0.05, 0.1) is 25.1 Å². The van der Waals surface area contributed by atoms with Crippen LogP contribution in [-0.2, 0) is 22.4 Å². The molecule has 0 aliphatic carbocycles. The molecule has 7 nitrogen and oxygen atoms in total. The van der Waals surface area contributed by atoms with Crippen LogP contribution in [0.1, 0.15) is 24.6 Å². The maximum absolute atomic E-state index is 12.3. The number of aryl methyl sites for hydroxylation is 1. The molecule has 2 aromatic carbocycles. The lowest BCUT2D eigenvalue weighted by Gasteiger charge is -2.14. The second-order valence-electron chi connectivity index (χ2n) is 6.93. The van der Waals surface area contributed by atoms with Crippen molar-refractivity contribution in [3.05, 3.63) is 65.9 Å². The lowest BCUT2D eigenvalue weighted by Crippen LogP contribution is -2.27. The van der Waals surface area contributed by atoms with E-state index in [1.54, 1.807) is 18.9 Å². The number of hydrogen-bond acceptors (Lipinski definition) is 5. The molecule has 0 atom stereocenters. The van der Waals surface area contributed by atoms with E-state index >= 15 is 0 Å². The highest BCUT2D eigenvalue weighted by atomic mass is 16.5. The third-order valence-corrected chi connectivity index (χ3v) is 4.86. The molecule has 1 N–H and O–H groups in total. The van der Waals surface area contributed by atoms with Crippen LogP contribution in [0.3, 0.4) is 0 Å². The van der Waals surface area contributed by atoms with E-state index in [1.807, 2.05) is 61.5 Å². The molecule has 1 heterocycles. The minimum atomic E-state index is -0.0326. The number of rotatable bonds is 11. The average molecular weight is 424 g/mol. The van der Waals surface area contributed by atoms with Gasteiger partial charge in [0.15, 0.2) is 11.5 Å². The Morgan fingerprint density at radius 1 is 1.03 bits per heavy atom. The number of carbonyl (C=O) groups is 1. The van der Waals surface area contributed by atoms with Crippen LogP contribution in [0, 0.1) is 0 Å². The largest absolute Gasteiger partial charge is 0.493 e.